The Morgan fingerprint density at radius 3 is 2.86 bits per heavy atom. The number of fused-ring (bicyclic) bond motifs is 1. The van der Waals surface area contributed by atoms with Crippen molar-refractivity contribution in [3.05, 3.63) is 33.9 Å². The van der Waals surface area contributed by atoms with Crippen LogP contribution in [0.5, 0.6) is 0 Å². The zero-order chi connectivity index (χ0) is 14.8. The van der Waals surface area contributed by atoms with Crippen molar-refractivity contribution in [1.82, 2.24) is 19.9 Å². The molecule has 0 aliphatic carbocycles. The van der Waals surface area contributed by atoms with Gasteiger partial charge >= 0.3 is 5.97 Å². The van der Waals surface area contributed by atoms with Crippen molar-refractivity contribution in [3.8, 4) is 0 Å². The molecular formula is C14H19ClN4O3. The maximum Gasteiger partial charge on any atom is 0.343 e. The Labute approximate surface area is 133 Å². The lowest BCUT2D eigenvalue weighted by Crippen LogP contribution is -2.28. The fourth-order valence-corrected chi connectivity index (χ4v) is 2.78. The Hall–Kier alpha value is -1.86. The molecule has 2 aromatic heterocycles. The predicted molar refractivity (Wildman–Crippen MR) is 83.9 cm³/mol. The average Bonchev–Trinajstić information content (AvgIpc) is 2.91. The summed E-state index contributed by atoms with van der Waals surface area (Å²) >= 11 is 0. The summed E-state index contributed by atoms with van der Waals surface area (Å²) in [5.74, 6) is -0.198. The summed E-state index contributed by atoms with van der Waals surface area (Å²) in [5, 5.41) is 7.56. The SMILES string of the molecule is CCOC(=O)c1cnn2c(C3CCNCC3)cc(=O)[nH]c12.Cl. The molecule has 0 aromatic carbocycles. The Balaban J connectivity index is 0.00000176. The molecular weight excluding hydrogens is 308 g/mol. The highest BCUT2D eigenvalue weighted by Crippen LogP contribution is 2.24. The molecule has 120 valence electrons. The van der Waals surface area contributed by atoms with Gasteiger partial charge in [-0.3, -0.25) is 4.79 Å². The number of carbonyl (C=O) groups is 1. The number of halogens is 1. The van der Waals surface area contributed by atoms with Crippen LogP contribution in [0.15, 0.2) is 17.1 Å². The topological polar surface area (TPSA) is 88.5 Å². The molecule has 2 N–H and O–H groups in total. The van der Waals surface area contributed by atoms with Gasteiger partial charge in [0.05, 0.1) is 18.5 Å². The molecule has 0 spiro atoms. The Kier molecular flexibility index (Phi) is 5.20. The van der Waals surface area contributed by atoms with Crippen LogP contribution in [0.1, 0.15) is 41.7 Å². The maximum atomic E-state index is 11.9. The van der Waals surface area contributed by atoms with Crippen molar-refractivity contribution in [2.24, 2.45) is 0 Å². The standard InChI is InChI=1S/C14H18N4O3.ClH/c1-2-21-14(20)10-8-16-18-11(7-12(19)17-13(10)18)9-3-5-15-6-4-9;/h7-9,15H,2-6H2,1H3,(H,17,19);1H. The van der Waals surface area contributed by atoms with Gasteiger partial charge in [0.25, 0.3) is 5.56 Å². The lowest BCUT2D eigenvalue weighted by Gasteiger charge is -2.23. The molecule has 0 bridgehead atoms. The van der Waals surface area contributed by atoms with Crippen LogP contribution in [0.4, 0.5) is 0 Å². The summed E-state index contributed by atoms with van der Waals surface area (Å²) in [4.78, 5) is 26.5. The summed E-state index contributed by atoms with van der Waals surface area (Å²) in [6, 6.07) is 1.57. The molecule has 8 heteroatoms. The van der Waals surface area contributed by atoms with Crippen LogP contribution in [-0.4, -0.2) is 40.3 Å². The molecule has 7 nitrogen and oxygen atoms in total. The van der Waals surface area contributed by atoms with E-state index in [0.717, 1.165) is 31.6 Å². The molecule has 2 aromatic rings. The summed E-state index contributed by atoms with van der Waals surface area (Å²) in [6.07, 6.45) is 3.36. The predicted octanol–water partition coefficient (Wildman–Crippen LogP) is 1.09. The van der Waals surface area contributed by atoms with Crippen LogP contribution in [0.25, 0.3) is 5.65 Å². The average molecular weight is 327 g/mol. The Morgan fingerprint density at radius 2 is 2.18 bits per heavy atom. The largest absolute Gasteiger partial charge is 0.462 e. The number of carbonyl (C=O) groups excluding carboxylic acids is 1. The molecule has 3 heterocycles. The van der Waals surface area contributed by atoms with Crippen LogP contribution >= 0.6 is 12.4 Å². The minimum atomic E-state index is -0.467. The van der Waals surface area contributed by atoms with Gasteiger partial charge in [-0.15, -0.1) is 12.4 Å². The van der Waals surface area contributed by atoms with Gasteiger partial charge in [-0.1, -0.05) is 0 Å². The van der Waals surface area contributed by atoms with E-state index in [1.807, 2.05) is 0 Å². The van der Waals surface area contributed by atoms with Crippen molar-refractivity contribution in [2.45, 2.75) is 25.7 Å². The molecule has 0 radical (unpaired) electrons. The van der Waals surface area contributed by atoms with E-state index in [0.29, 0.717) is 11.2 Å². The summed E-state index contributed by atoms with van der Waals surface area (Å²) in [6.45, 7) is 3.87. The highest BCUT2D eigenvalue weighted by atomic mass is 35.5. The highest BCUT2D eigenvalue weighted by molar-refractivity contribution is 5.95. The third-order valence-electron chi connectivity index (χ3n) is 3.79. The smallest absolute Gasteiger partial charge is 0.343 e. The van der Waals surface area contributed by atoms with Crippen LogP contribution < -0.4 is 10.9 Å². The molecule has 22 heavy (non-hydrogen) atoms. The number of esters is 1. The Morgan fingerprint density at radius 1 is 1.45 bits per heavy atom. The van der Waals surface area contributed by atoms with Gasteiger partial charge in [-0.05, 0) is 32.9 Å². The first kappa shape index (κ1) is 16.5. The van der Waals surface area contributed by atoms with E-state index in [9.17, 15) is 9.59 Å². The molecule has 3 rings (SSSR count). The lowest BCUT2D eigenvalue weighted by molar-refractivity contribution is 0.0528. The number of aromatic amines is 1. The number of ether oxygens (including phenoxy) is 1. The van der Waals surface area contributed by atoms with E-state index in [1.54, 1.807) is 17.5 Å². The number of hydrogen-bond acceptors (Lipinski definition) is 5. The molecule has 0 unspecified atom stereocenters. The number of nitrogens with one attached hydrogen (secondary N) is 2. The molecule has 1 saturated heterocycles. The van der Waals surface area contributed by atoms with Crippen LogP contribution in [0, 0.1) is 0 Å². The van der Waals surface area contributed by atoms with Gasteiger partial charge in [-0.2, -0.15) is 5.10 Å². The fraction of sp³-hybridized carbons (Fsp3) is 0.500. The van der Waals surface area contributed by atoms with E-state index in [4.69, 9.17) is 4.74 Å². The first-order chi connectivity index (χ1) is 10.2. The Bertz CT molecular complexity index is 718. The second-order valence-electron chi connectivity index (χ2n) is 5.12. The van der Waals surface area contributed by atoms with Crippen molar-refractivity contribution in [1.29, 1.82) is 0 Å². The normalized spacial score (nSPS) is 15.5. The minimum absolute atomic E-state index is 0. The monoisotopic (exact) mass is 326 g/mol. The zero-order valence-corrected chi connectivity index (χ0v) is 13.1. The molecule has 0 saturated carbocycles. The quantitative estimate of drug-likeness (QED) is 0.824. The fourth-order valence-electron chi connectivity index (χ4n) is 2.78. The maximum absolute atomic E-state index is 11.9. The van der Waals surface area contributed by atoms with Gasteiger partial charge in [-0.25, -0.2) is 9.31 Å². The van der Waals surface area contributed by atoms with E-state index < -0.39 is 5.97 Å². The van der Waals surface area contributed by atoms with Crippen LogP contribution in [0.2, 0.25) is 0 Å². The highest BCUT2D eigenvalue weighted by Gasteiger charge is 2.22. The van der Waals surface area contributed by atoms with Gasteiger partial charge in [0, 0.05) is 12.0 Å². The summed E-state index contributed by atoms with van der Waals surface area (Å²) < 4.78 is 6.65. The minimum Gasteiger partial charge on any atom is -0.462 e. The third-order valence-corrected chi connectivity index (χ3v) is 3.79. The number of H-pyrrole nitrogens is 1. The van der Waals surface area contributed by atoms with Gasteiger partial charge in [0.2, 0.25) is 0 Å². The van der Waals surface area contributed by atoms with E-state index in [2.05, 4.69) is 15.4 Å². The van der Waals surface area contributed by atoms with Crippen molar-refractivity contribution in [2.75, 3.05) is 19.7 Å². The number of piperidine rings is 1. The van der Waals surface area contributed by atoms with E-state index in [-0.39, 0.29) is 30.5 Å². The second kappa shape index (κ2) is 6.93. The van der Waals surface area contributed by atoms with E-state index in [1.165, 1.54) is 6.20 Å². The van der Waals surface area contributed by atoms with Gasteiger partial charge in [0.15, 0.2) is 5.65 Å². The summed E-state index contributed by atoms with van der Waals surface area (Å²) in [7, 11) is 0. The number of nitrogens with zero attached hydrogens (tertiary/aromatic N) is 2. The lowest BCUT2D eigenvalue weighted by atomic mass is 9.94. The molecule has 1 fully saturated rings. The first-order valence-electron chi connectivity index (χ1n) is 7.19. The van der Waals surface area contributed by atoms with Crippen molar-refractivity contribution in [3.63, 3.8) is 0 Å². The van der Waals surface area contributed by atoms with Gasteiger partial charge < -0.3 is 15.0 Å². The van der Waals surface area contributed by atoms with Crippen molar-refractivity contribution < 1.29 is 9.53 Å². The van der Waals surface area contributed by atoms with Gasteiger partial charge in [0.1, 0.15) is 5.56 Å². The molecule has 1 aliphatic heterocycles. The van der Waals surface area contributed by atoms with E-state index >= 15 is 0 Å². The zero-order valence-electron chi connectivity index (χ0n) is 12.3. The third kappa shape index (κ3) is 3.00. The van der Waals surface area contributed by atoms with Crippen LogP contribution in [0.3, 0.4) is 0 Å². The first-order valence-corrected chi connectivity index (χ1v) is 7.19. The summed E-state index contributed by atoms with van der Waals surface area (Å²) in [5.41, 5.74) is 1.34. The number of rotatable bonds is 3. The number of aromatic nitrogens is 3. The molecule has 0 amide bonds. The van der Waals surface area contributed by atoms with Crippen LogP contribution in [-0.2, 0) is 4.74 Å². The number of hydrogen-bond donors (Lipinski definition) is 2. The molecule has 0 atom stereocenters. The van der Waals surface area contributed by atoms with Crippen molar-refractivity contribution >= 4 is 24.0 Å². The molecule has 1 aliphatic rings. The second-order valence-corrected chi connectivity index (χ2v) is 5.12.